The van der Waals surface area contributed by atoms with E-state index in [9.17, 15) is 19.2 Å². The quantitative estimate of drug-likeness (QED) is 0.225. The van der Waals surface area contributed by atoms with Crippen LogP contribution in [0.25, 0.3) is 0 Å². The molecule has 0 aromatic rings. The van der Waals surface area contributed by atoms with Crippen LogP contribution in [0.15, 0.2) is 11.1 Å². The number of ketones is 1. The third-order valence-electron chi connectivity index (χ3n) is 14.1. The van der Waals surface area contributed by atoms with Crippen molar-refractivity contribution >= 4 is 23.7 Å². The maximum absolute atomic E-state index is 14.1. The van der Waals surface area contributed by atoms with Crippen molar-refractivity contribution in [2.24, 2.45) is 56.2 Å². The molecule has 0 aliphatic heterocycles. The van der Waals surface area contributed by atoms with Gasteiger partial charge in [0.15, 0.2) is 5.78 Å². The molecule has 0 radical (unpaired) electrons. The van der Waals surface area contributed by atoms with E-state index < -0.39 is 29.6 Å². The van der Waals surface area contributed by atoms with Gasteiger partial charge in [-0.25, -0.2) is 0 Å². The smallest absolute Gasteiger partial charge is 0.319 e. The van der Waals surface area contributed by atoms with Crippen LogP contribution < -0.4 is 0 Å². The zero-order valence-corrected chi connectivity index (χ0v) is 29.8. The highest BCUT2D eigenvalue weighted by atomic mass is 16.7. The molecule has 4 saturated carbocycles. The second kappa shape index (κ2) is 10.9. The molecule has 8 atom stereocenters. The third-order valence-corrected chi connectivity index (χ3v) is 14.1. The lowest BCUT2D eigenvalue weighted by molar-refractivity contribution is -0.233. The molecule has 7 unspecified atom stereocenters. The molecular weight excluding hydrogens is 568 g/mol. The fourth-order valence-corrected chi connectivity index (χ4v) is 11.7. The monoisotopic (exact) mass is 626 g/mol. The first kappa shape index (κ1) is 34.2. The largest absolute Gasteiger partial charge is 0.462 e. The van der Waals surface area contributed by atoms with Gasteiger partial charge in [0.1, 0.15) is 6.10 Å². The Kier molecular flexibility index (Phi) is 8.30. The molecule has 0 amide bonds. The molecule has 0 bridgehead atoms. The van der Waals surface area contributed by atoms with Crippen LogP contribution in [0.3, 0.4) is 0 Å². The van der Waals surface area contributed by atoms with Crippen LogP contribution in [-0.4, -0.2) is 36.6 Å². The maximum atomic E-state index is 14.1. The van der Waals surface area contributed by atoms with Gasteiger partial charge in [-0.1, -0.05) is 48.5 Å². The number of carbonyl (C=O) groups is 4. The van der Waals surface area contributed by atoms with Crippen molar-refractivity contribution in [2.45, 2.75) is 140 Å². The summed E-state index contributed by atoms with van der Waals surface area (Å²) in [5.41, 5.74) is 0.151. The normalized spacial score (nSPS) is 40.6. The second-order valence-electron chi connectivity index (χ2n) is 18.0. The fraction of sp³-hybridized carbons (Fsp3) is 0.842. The summed E-state index contributed by atoms with van der Waals surface area (Å²) >= 11 is 0. The van der Waals surface area contributed by atoms with Gasteiger partial charge in [0.2, 0.25) is 6.79 Å². The minimum Gasteiger partial charge on any atom is -0.462 e. The van der Waals surface area contributed by atoms with Gasteiger partial charge < -0.3 is 14.2 Å². The average molecular weight is 627 g/mol. The second-order valence-corrected chi connectivity index (χ2v) is 18.0. The summed E-state index contributed by atoms with van der Waals surface area (Å²) in [5, 5.41) is 0. The van der Waals surface area contributed by atoms with Crippen LogP contribution in [0.5, 0.6) is 0 Å². The van der Waals surface area contributed by atoms with E-state index in [1.807, 2.05) is 0 Å². The standard InChI is InChI=1S/C38H58O7/c1-22(2)29-25(40)20-38(32(42)44-21-43-31(41)33(4,5)6)19-18-36(10)24(30(29)38)12-13-27-35(9)16-15-28(45-23(3)39)34(7,8)26(35)14-17-37(27,36)11/h22,24,26-28H,12-21H2,1-11H3/t24?,26?,27?,28?,35?,36?,37?,38-/m1/s1. The molecule has 0 aromatic carbocycles. The van der Waals surface area contributed by atoms with Crippen molar-refractivity contribution in [3.8, 4) is 0 Å². The van der Waals surface area contributed by atoms with E-state index in [-0.39, 0.29) is 57.8 Å². The number of hydrogen-bond acceptors (Lipinski definition) is 7. The summed E-state index contributed by atoms with van der Waals surface area (Å²) in [4.78, 5) is 52.2. The number of Topliss-reactive ketones (excluding diaryl/α,β-unsaturated/α-hetero) is 1. The van der Waals surface area contributed by atoms with Gasteiger partial charge in [0, 0.05) is 18.8 Å². The molecule has 252 valence electrons. The number of ether oxygens (including phenoxy) is 3. The molecule has 0 spiro atoms. The molecule has 0 N–H and O–H groups in total. The summed E-state index contributed by atoms with van der Waals surface area (Å²) in [5.74, 6) is 0.117. The maximum Gasteiger partial charge on any atom is 0.319 e. The van der Waals surface area contributed by atoms with E-state index in [0.29, 0.717) is 18.3 Å². The third kappa shape index (κ3) is 4.94. The first-order chi connectivity index (χ1) is 20.7. The van der Waals surface area contributed by atoms with Gasteiger partial charge in [-0.2, -0.15) is 0 Å². The molecule has 45 heavy (non-hydrogen) atoms. The zero-order chi connectivity index (χ0) is 33.5. The van der Waals surface area contributed by atoms with E-state index >= 15 is 0 Å². The van der Waals surface area contributed by atoms with E-state index in [1.165, 1.54) is 6.92 Å². The Bertz CT molecular complexity index is 1300. The average Bonchev–Trinajstić information content (AvgIpc) is 3.23. The van der Waals surface area contributed by atoms with Crippen molar-refractivity contribution in [3.63, 3.8) is 0 Å². The predicted octanol–water partition coefficient (Wildman–Crippen LogP) is 7.99. The Morgan fingerprint density at radius 3 is 2.11 bits per heavy atom. The minimum absolute atomic E-state index is 0.0133. The molecule has 0 saturated heterocycles. The van der Waals surface area contributed by atoms with E-state index in [0.717, 1.165) is 56.1 Å². The Morgan fingerprint density at radius 1 is 0.844 bits per heavy atom. The minimum atomic E-state index is -0.983. The van der Waals surface area contributed by atoms with Crippen LogP contribution in [-0.2, 0) is 33.4 Å². The van der Waals surface area contributed by atoms with Crippen LogP contribution in [0.1, 0.15) is 134 Å². The van der Waals surface area contributed by atoms with Gasteiger partial charge in [0.05, 0.1) is 10.8 Å². The molecule has 5 aliphatic carbocycles. The number of fused-ring (bicyclic) bond motifs is 7. The van der Waals surface area contributed by atoms with E-state index in [4.69, 9.17) is 14.2 Å². The Balaban J connectivity index is 1.49. The number of hydrogen-bond donors (Lipinski definition) is 0. The van der Waals surface area contributed by atoms with Gasteiger partial charge in [0.25, 0.3) is 0 Å². The van der Waals surface area contributed by atoms with E-state index in [1.54, 1.807) is 20.8 Å². The van der Waals surface area contributed by atoms with Crippen LogP contribution in [0, 0.1) is 56.2 Å². The predicted molar refractivity (Wildman–Crippen MR) is 171 cm³/mol. The molecule has 7 heteroatoms. The van der Waals surface area contributed by atoms with Gasteiger partial charge in [-0.05, 0) is 123 Å². The summed E-state index contributed by atoms with van der Waals surface area (Å²) < 4.78 is 16.9. The highest BCUT2D eigenvalue weighted by Gasteiger charge is 2.71. The molecule has 0 heterocycles. The summed E-state index contributed by atoms with van der Waals surface area (Å²) in [6.45, 7) is 22.6. The first-order valence-corrected chi connectivity index (χ1v) is 17.5. The molecule has 5 rings (SSSR count). The molecular formula is C38H58O7. The lowest BCUT2D eigenvalue weighted by Crippen LogP contribution is -2.66. The number of carbonyl (C=O) groups excluding carboxylic acids is 4. The summed E-state index contributed by atoms with van der Waals surface area (Å²) in [6.07, 6.45) is 7.61. The fourth-order valence-electron chi connectivity index (χ4n) is 11.7. The van der Waals surface area contributed by atoms with Gasteiger partial charge >= 0.3 is 17.9 Å². The van der Waals surface area contributed by atoms with Gasteiger partial charge in [-0.15, -0.1) is 0 Å². The number of rotatable bonds is 5. The van der Waals surface area contributed by atoms with Crippen molar-refractivity contribution in [2.75, 3.05) is 6.79 Å². The van der Waals surface area contributed by atoms with Crippen molar-refractivity contribution in [1.82, 2.24) is 0 Å². The highest BCUT2D eigenvalue weighted by Crippen LogP contribution is 2.76. The lowest BCUT2D eigenvalue weighted by Gasteiger charge is -2.72. The molecule has 7 nitrogen and oxygen atoms in total. The Hall–Kier alpha value is -2.18. The number of allylic oxidation sites excluding steroid dienone is 1. The van der Waals surface area contributed by atoms with Crippen LogP contribution in [0.4, 0.5) is 0 Å². The summed E-state index contributed by atoms with van der Waals surface area (Å²) in [6, 6.07) is 0. The zero-order valence-electron chi connectivity index (χ0n) is 29.8. The van der Waals surface area contributed by atoms with Gasteiger partial charge in [-0.3, -0.25) is 19.2 Å². The summed E-state index contributed by atoms with van der Waals surface area (Å²) in [7, 11) is 0. The van der Waals surface area contributed by atoms with Crippen LogP contribution in [0.2, 0.25) is 0 Å². The molecule has 5 aliphatic rings. The molecule has 4 fully saturated rings. The SMILES string of the molecule is CC(=O)OC1CCC2(C)C(CCC3(C)C2CCC2C4=C(C(C)C)C(=O)C[C@]4(C(=O)OCOC(=O)C(C)(C)C)CCC23C)C1(C)C. The Morgan fingerprint density at radius 2 is 1.51 bits per heavy atom. The molecule has 0 aromatic heterocycles. The van der Waals surface area contributed by atoms with Crippen LogP contribution >= 0.6 is 0 Å². The number of esters is 3. The highest BCUT2D eigenvalue weighted by molar-refractivity contribution is 6.06. The lowest BCUT2D eigenvalue weighted by atomic mass is 9.33. The Labute approximate surface area is 271 Å². The topological polar surface area (TPSA) is 96.0 Å². The van der Waals surface area contributed by atoms with Crippen molar-refractivity contribution in [3.05, 3.63) is 11.1 Å². The van der Waals surface area contributed by atoms with Crippen molar-refractivity contribution < 1.29 is 33.4 Å². The van der Waals surface area contributed by atoms with Crippen molar-refractivity contribution in [1.29, 1.82) is 0 Å². The van der Waals surface area contributed by atoms with E-state index in [2.05, 4.69) is 48.5 Å². The first-order valence-electron chi connectivity index (χ1n) is 17.5.